The number of carbonyl (C=O) groups excluding carboxylic acids is 3. The fourth-order valence-electron chi connectivity index (χ4n) is 2.56. The van der Waals surface area contributed by atoms with Crippen molar-refractivity contribution in [3.63, 3.8) is 0 Å². The van der Waals surface area contributed by atoms with Crippen LogP contribution < -0.4 is 16.3 Å². The topological polar surface area (TPSA) is 115 Å². The van der Waals surface area contributed by atoms with E-state index < -0.39 is 23.5 Å². The third-order valence-corrected chi connectivity index (χ3v) is 4.49. The monoisotopic (exact) mass is 452 g/mol. The van der Waals surface area contributed by atoms with Crippen LogP contribution in [0.5, 0.6) is 0 Å². The highest BCUT2D eigenvalue weighted by Gasteiger charge is 2.25. The third-order valence-electron chi connectivity index (χ3n) is 3.87. The summed E-state index contributed by atoms with van der Waals surface area (Å²) in [7, 11) is 0. The molecule has 1 aromatic carbocycles. The summed E-state index contributed by atoms with van der Waals surface area (Å²) < 4.78 is 10.8. The Bertz CT molecular complexity index is 940. The Morgan fingerprint density at radius 2 is 2.00 bits per heavy atom. The maximum atomic E-state index is 12.6. The number of amides is 2. The summed E-state index contributed by atoms with van der Waals surface area (Å²) in [5.41, 5.74) is -0.747. The van der Waals surface area contributed by atoms with Crippen molar-refractivity contribution < 1.29 is 23.5 Å². The summed E-state index contributed by atoms with van der Waals surface area (Å²) in [5.74, 6) is -1.70. The highest BCUT2D eigenvalue weighted by atomic mass is 79.9. The van der Waals surface area contributed by atoms with Gasteiger partial charge in [0, 0.05) is 18.4 Å². The molecule has 0 radical (unpaired) electrons. The number of hydrogen-bond donors (Lipinski definition) is 2. The van der Waals surface area contributed by atoms with Gasteiger partial charge in [0.2, 0.25) is 5.91 Å². The SMILES string of the molecule is CCNC(=O)CCC(NC(=O)c1cc2cccc(Br)c2oc1=O)C(=O)OCC. The third kappa shape index (κ3) is 5.41. The van der Waals surface area contributed by atoms with Crippen LogP contribution in [-0.2, 0) is 14.3 Å². The lowest BCUT2D eigenvalue weighted by molar-refractivity contribution is -0.145. The molecule has 8 nitrogen and oxygen atoms in total. The average molecular weight is 453 g/mol. The first-order valence-electron chi connectivity index (χ1n) is 8.83. The number of nitrogens with one attached hydrogen (secondary N) is 2. The summed E-state index contributed by atoms with van der Waals surface area (Å²) in [6.07, 6.45) is 0.0672. The van der Waals surface area contributed by atoms with Crippen molar-refractivity contribution in [1.29, 1.82) is 0 Å². The number of benzene rings is 1. The first kappa shape index (κ1) is 21.6. The Balaban J connectivity index is 2.23. The quantitative estimate of drug-likeness (QED) is 0.468. The maximum absolute atomic E-state index is 12.6. The molecule has 0 bridgehead atoms. The molecule has 2 rings (SSSR count). The molecule has 0 aliphatic rings. The molecule has 0 saturated heterocycles. The van der Waals surface area contributed by atoms with Gasteiger partial charge >= 0.3 is 11.6 Å². The van der Waals surface area contributed by atoms with Gasteiger partial charge in [-0.2, -0.15) is 0 Å². The number of esters is 1. The summed E-state index contributed by atoms with van der Waals surface area (Å²) in [4.78, 5) is 48.6. The van der Waals surface area contributed by atoms with E-state index in [1.165, 1.54) is 6.07 Å². The van der Waals surface area contributed by atoms with Crippen LogP contribution in [0.15, 0.2) is 37.9 Å². The molecule has 0 aliphatic heterocycles. The standard InChI is InChI=1S/C19H21BrN2O6/c1-3-21-15(23)9-8-14(19(26)27-4-2)22-17(24)12-10-11-6-5-7-13(20)16(11)28-18(12)25/h5-7,10,14H,3-4,8-9H2,1-2H3,(H,21,23)(H,22,24). The van der Waals surface area contributed by atoms with Crippen molar-refractivity contribution in [3.05, 3.63) is 44.7 Å². The lowest BCUT2D eigenvalue weighted by Gasteiger charge is -2.17. The van der Waals surface area contributed by atoms with Crippen molar-refractivity contribution in [1.82, 2.24) is 10.6 Å². The van der Waals surface area contributed by atoms with E-state index in [9.17, 15) is 19.2 Å². The van der Waals surface area contributed by atoms with E-state index >= 15 is 0 Å². The molecule has 1 aromatic heterocycles. The van der Waals surface area contributed by atoms with Crippen molar-refractivity contribution >= 4 is 44.7 Å². The van der Waals surface area contributed by atoms with Gasteiger partial charge in [-0.1, -0.05) is 12.1 Å². The van der Waals surface area contributed by atoms with Crippen LogP contribution in [-0.4, -0.2) is 37.0 Å². The van der Waals surface area contributed by atoms with E-state index in [1.807, 2.05) is 0 Å². The van der Waals surface area contributed by atoms with E-state index in [4.69, 9.17) is 9.15 Å². The van der Waals surface area contributed by atoms with Gasteiger partial charge in [0.1, 0.15) is 11.6 Å². The van der Waals surface area contributed by atoms with Gasteiger partial charge in [-0.3, -0.25) is 9.59 Å². The predicted molar refractivity (Wildman–Crippen MR) is 106 cm³/mol. The van der Waals surface area contributed by atoms with Gasteiger partial charge in [0.25, 0.3) is 5.91 Å². The molecule has 1 unspecified atom stereocenters. The van der Waals surface area contributed by atoms with Crippen molar-refractivity contribution in [2.45, 2.75) is 32.7 Å². The molecule has 1 atom stereocenters. The number of rotatable bonds is 8. The van der Waals surface area contributed by atoms with Crippen LogP contribution in [0.25, 0.3) is 11.0 Å². The van der Waals surface area contributed by atoms with Gasteiger partial charge in [0.05, 0.1) is 11.1 Å². The van der Waals surface area contributed by atoms with Gasteiger partial charge < -0.3 is 19.8 Å². The minimum atomic E-state index is -1.06. The normalized spacial score (nSPS) is 11.7. The maximum Gasteiger partial charge on any atom is 0.349 e. The Morgan fingerprint density at radius 3 is 2.68 bits per heavy atom. The minimum Gasteiger partial charge on any atom is -0.464 e. The lowest BCUT2D eigenvalue weighted by Crippen LogP contribution is -2.43. The fraction of sp³-hybridized carbons (Fsp3) is 0.368. The first-order chi connectivity index (χ1) is 13.4. The molecule has 0 fully saturated rings. The van der Waals surface area contributed by atoms with E-state index in [-0.39, 0.29) is 30.9 Å². The molecule has 2 aromatic rings. The Hall–Kier alpha value is -2.68. The first-order valence-corrected chi connectivity index (χ1v) is 9.63. The molecule has 150 valence electrons. The van der Waals surface area contributed by atoms with Gasteiger partial charge in [-0.25, -0.2) is 9.59 Å². The van der Waals surface area contributed by atoms with E-state index in [0.29, 0.717) is 22.0 Å². The highest BCUT2D eigenvalue weighted by molar-refractivity contribution is 9.10. The van der Waals surface area contributed by atoms with Crippen LogP contribution in [0.3, 0.4) is 0 Å². The zero-order valence-electron chi connectivity index (χ0n) is 15.5. The summed E-state index contributed by atoms with van der Waals surface area (Å²) in [5, 5.41) is 5.64. The molecule has 2 N–H and O–H groups in total. The van der Waals surface area contributed by atoms with Crippen molar-refractivity contribution in [2.24, 2.45) is 0 Å². The molecule has 1 heterocycles. The van der Waals surface area contributed by atoms with Crippen LogP contribution >= 0.6 is 15.9 Å². The summed E-state index contributed by atoms with van der Waals surface area (Å²) in [6, 6.07) is 5.48. The smallest absolute Gasteiger partial charge is 0.349 e. The number of ether oxygens (including phenoxy) is 1. The minimum absolute atomic E-state index is 0.0247. The zero-order chi connectivity index (χ0) is 20.7. The molecule has 0 spiro atoms. The fourth-order valence-corrected chi connectivity index (χ4v) is 3.02. The Morgan fingerprint density at radius 1 is 1.25 bits per heavy atom. The molecular weight excluding hydrogens is 432 g/mol. The highest BCUT2D eigenvalue weighted by Crippen LogP contribution is 2.22. The largest absolute Gasteiger partial charge is 0.464 e. The Labute approximate surface area is 169 Å². The molecule has 0 saturated carbocycles. The van der Waals surface area contributed by atoms with Gasteiger partial charge in [-0.15, -0.1) is 0 Å². The summed E-state index contributed by atoms with van der Waals surface area (Å²) in [6.45, 7) is 4.00. The second kappa shape index (κ2) is 10.0. The Kier molecular flexibility index (Phi) is 7.74. The van der Waals surface area contributed by atoms with Crippen LogP contribution in [0.2, 0.25) is 0 Å². The van der Waals surface area contributed by atoms with Crippen LogP contribution in [0.4, 0.5) is 0 Å². The summed E-state index contributed by atoms with van der Waals surface area (Å²) >= 11 is 3.28. The molecular formula is C19H21BrN2O6. The van der Waals surface area contributed by atoms with E-state index in [1.54, 1.807) is 32.0 Å². The van der Waals surface area contributed by atoms with Gasteiger partial charge in [-0.05, 0) is 48.3 Å². The van der Waals surface area contributed by atoms with Gasteiger partial charge in [0.15, 0.2) is 5.58 Å². The van der Waals surface area contributed by atoms with E-state index in [0.717, 1.165) is 0 Å². The molecule has 9 heteroatoms. The van der Waals surface area contributed by atoms with Crippen molar-refractivity contribution in [2.75, 3.05) is 13.2 Å². The molecule has 28 heavy (non-hydrogen) atoms. The lowest BCUT2D eigenvalue weighted by atomic mass is 10.1. The number of para-hydroxylation sites is 1. The number of fused-ring (bicyclic) bond motifs is 1. The predicted octanol–water partition coefficient (Wildman–Crippen LogP) is 2.13. The van der Waals surface area contributed by atoms with Crippen LogP contribution in [0.1, 0.15) is 37.0 Å². The second-order valence-corrected chi connectivity index (χ2v) is 6.73. The number of hydrogen-bond acceptors (Lipinski definition) is 6. The second-order valence-electron chi connectivity index (χ2n) is 5.88. The van der Waals surface area contributed by atoms with E-state index in [2.05, 4.69) is 26.6 Å². The number of halogens is 1. The average Bonchev–Trinajstić information content (AvgIpc) is 2.65. The zero-order valence-corrected chi connectivity index (χ0v) is 17.1. The molecule has 2 amide bonds. The number of carbonyl (C=O) groups is 3. The van der Waals surface area contributed by atoms with Crippen LogP contribution in [0, 0.1) is 0 Å². The van der Waals surface area contributed by atoms with Crippen molar-refractivity contribution in [3.8, 4) is 0 Å². The molecule has 0 aliphatic carbocycles.